The minimum atomic E-state index is -0.542. The Morgan fingerprint density at radius 2 is 2.15 bits per heavy atom. The van der Waals surface area contributed by atoms with Gasteiger partial charge < -0.3 is 15.2 Å². The van der Waals surface area contributed by atoms with Crippen LogP contribution in [0.25, 0.3) is 0 Å². The summed E-state index contributed by atoms with van der Waals surface area (Å²) < 4.78 is 5.19. The van der Waals surface area contributed by atoms with Crippen LogP contribution in [0.15, 0.2) is 12.2 Å². The average molecular weight is 185 g/mol. The van der Waals surface area contributed by atoms with Crippen molar-refractivity contribution in [1.82, 2.24) is 5.32 Å². The van der Waals surface area contributed by atoms with Gasteiger partial charge in [-0.3, -0.25) is 0 Å². The molecule has 0 unspecified atom stereocenters. The lowest BCUT2D eigenvalue weighted by Gasteiger charge is -2.32. The Hall–Kier alpha value is -0.380. The summed E-state index contributed by atoms with van der Waals surface area (Å²) in [7, 11) is 0. The molecule has 1 saturated heterocycles. The smallest absolute Gasteiger partial charge is 0.0815 e. The molecular formula is C10H19NO2. The van der Waals surface area contributed by atoms with Gasteiger partial charge in [0.15, 0.2) is 0 Å². The normalized spacial score (nSPS) is 22.3. The molecule has 13 heavy (non-hydrogen) atoms. The molecule has 0 aromatic heterocycles. The van der Waals surface area contributed by atoms with Gasteiger partial charge in [0.2, 0.25) is 0 Å². The fourth-order valence-corrected chi connectivity index (χ4v) is 1.43. The summed E-state index contributed by atoms with van der Waals surface area (Å²) in [6.07, 6.45) is 5.54. The van der Waals surface area contributed by atoms with Gasteiger partial charge in [0.1, 0.15) is 0 Å². The Balaban J connectivity index is 2.17. The molecule has 0 spiro atoms. The Morgan fingerprint density at radius 3 is 2.77 bits per heavy atom. The van der Waals surface area contributed by atoms with Crippen molar-refractivity contribution >= 4 is 0 Å². The molecule has 1 fully saturated rings. The first-order valence-corrected chi connectivity index (χ1v) is 4.89. The lowest BCUT2D eigenvalue weighted by molar-refractivity contribution is -0.0610. The Bertz CT molecular complexity index is 162. The van der Waals surface area contributed by atoms with Gasteiger partial charge in [0.25, 0.3) is 0 Å². The average Bonchev–Trinajstić information content (AvgIpc) is 2.14. The minimum Gasteiger partial charge on any atom is -0.388 e. The van der Waals surface area contributed by atoms with Gasteiger partial charge in [-0.25, -0.2) is 0 Å². The van der Waals surface area contributed by atoms with Crippen LogP contribution in [0.3, 0.4) is 0 Å². The number of nitrogens with one attached hydrogen (secondary N) is 1. The van der Waals surface area contributed by atoms with E-state index in [-0.39, 0.29) is 0 Å². The van der Waals surface area contributed by atoms with E-state index in [1.807, 2.05) is 19.1 Å². The van der Waals surface area contributed by atoms with Crippen LogP contribution in [0, 0.1) is 0 Å². The van der Waals surface area contributed by atoms with Gasteiger partial charge in [-0.15, -0.1) is 0 Å². The lowest BCUT2D eigenvalue weighted by atomic mass is 9.94. The van der Waals surface area contributed by atoms with Crippen molar-refractivity contribution in [2.75, 3.05) is 26.3 Å². The van der Waals surface area contributed by atoms with Crippen LogP contribution in [0.5, 0.6) is 0 Å². The van der Waals surface area contributed by atoms with Gasteiger partial charge in [-0.2, -0.15) is 0 Å². The highest BCUT2D eigenvalue weighted by molar-refractivity contribution is 4.86. The quantitative estimate of drug-likeness (QED) is 0.500. The predicted molar refractivity (Wildman–Crippen MR) is 52.7 cm³/mol. The fraction of sp³-hybridized carbons (Fsp3) is 0.800. The monoisotopic (exact) mass is 185 g/mol. The predicted octanol–water partition coefficient (Wildman–Crippen LogP) is 0.694. The summed E-state index contributed by atoms with van der Waals surface area (Å²) in [4.78, 5) is 0. The van der Waals surface area contributed by atoms with Crippen molar-refractivity contribution in [2.24, 2.45) is 0 Å². The van der Waals surface area contributed by atoms with Crippen LogP contribution >= 0.6 is 0 Å². The van der Waals surface area contributed by atoms with Crippen LogP contribution in [-0.2, 0) is 4.74 Å². The van der Waals surface area contributed by atoms with E-state index in [2.05, 4.69) is 5.32 Å². The van der Waals surface area contributed by atoms with Gasteiger partial charge in [-0.05, 0) is 6.92 Å². The molecule has 0 radical (unpaired) electrons. The van der Waals surface area contributed by atoms with E-state index in [1.165, 1.54) is 0 Å². The zero-order chi connectivity index (χ0) is 9.57. The van der Waals surface area contributed by atoms with Crippen LogP contribution in [0.4, 0.5) is 0 Å². The first kappa shape index (κ1) is 10.7. The summed E-state index contributed by atoms with van der Waals surface area (Å²) in [5.74, 6) is 0. The Morgan fingerprint density at radius 1 is 1.46 bits per heavy atom. The number of aliphatic hydroxyl groups is 1. The molecule has 0 amide bonds. The second-order valence-electron chi connectivity index (χ2n) is 3.54. The fourth-order valence-electron chi connectivity index (χ4n) is 1.43. The summed E-state index contributed by atoms with van der Waals surface area (Å²) in [5, 5.41) is 13.2. The van der Waals surface area contributed by atoms with Crippen LogP contribution in [0.1, 0.15) is 19.8 Å². The largest absolute Gasteiger partial charge is 0.388 e. The first-order valence-electron chi connectivity index (χ1n) is 4.89. The van der Waals surface area contributed by atoms with Crippen LogP contribution in [-0.4, -0.2) is 37.0 Å². The van der Waals surface area contributed by atoms with Crippen molar-refractivity contribution in [2.45, 2.75) is 25.4 Å². The summed E-state index contributed by atoms with van der Waals surface area (Å²) in [5.41, 5.74) is -0.542. The SMILES string of the molecule is C/C=C/CNCC1(O)CCOCC1. The van der Waals surface area contributed by atoms with Crippen molar-refractivity contribution < 1.29 is 9.84 Å². The standard InChI is InChI=1S/C10H19NO2/c1-2-3-6-11-9-10(12)4-7-13-8-5-10/h2-3,11-12H,4-9H2,1H3/b3-2+. The van der Waals surface area contributed by atoms with E-state index in [1.54, 1.807) is 0 Å². The molecule has 0 atom stereocenters. The second kappa shape index (κ2) is 5.37. The molecular weight excluding hydrogens is 166 g/mol. The van der Waals surface area contributed by atoms with Crippen LogP contribution in [0.2, 0.25) is 0 Å². The number of hydrogen-bond donors (Lipinski definition) is 2. The van der Waals surface area contributed by atoms with Gasteiger partial charge in [0.05, 0.1) is 5.60 Å². The van der Waals surface area contributed by atoms with E-state index in [0.717, 1.165) is 19.4 Å². The molecule has 3 nitrogen and oxygen atoms in total. The molecule has 76 valence electrons. The lowest BCUT2D eigenvalue weighted by Crippen LogP contribution is -2.45. The molecule has 1 heterocycles. The van der Waals surface area contributed by atoms with E-state index >= 15 is 0 Å². The minimum absolute atomic E-state index is 0.542. The van der Waals surface area contributed by atoms with Gasteiger partial charge in [-0.1, -0.05) is 12.2 Å². The summed E-state index contributed by atoms with van der Waals surface area (Å²) in [6.45, 7) is 4.86. The zero-order valence-electron chi connectivity index (χ0n) is 8.25. The molecule has 0 aliphatic carbocycles. The van der Waals surface area contributed by atoms with E-state index < -0.39 is 5.60 Å². The summed E-state index contributed by atoms with van der Waals surface area (Å²) in [6, 6.07) is 0. The third-order valence-corrected chi connectivity index (χ3v) is 2.38. The topological polar surface area (TPSA) is 41.5 Å². The maximum Gasteiger partial charge on any atom is 0.0815 e. The molecule has 0 aromatic carbocycles. The number of ether oxygens (including phenoxy) is 1. The molecule has 1 aliphatic rings. The number of rotatable bonds is 4. The second-order valence-corrected chi connectivity index (χ2v) is 3.54. The van der Waals surface area contributed by atoms with E-state index in [0.29, 0.717) is 19.8 Å². The number of allylic oxidation sites excluding steroid dienone is 1. The zero-order valence-corrected chi connectivity index (χ0v) is 8.25. The van der Waals surface area contributed by atoms with Gasteiger partial charge >= 0.3 is 0 Å². The van der Waals surface area contributed by atoms with Crippen molar-refractivity contribution in [3.63, 3.8) is 0 Å². The maximum absolute atomic E-state index is 10.0. The van der Waals surface area contributed by atoms with E-state index in [4.69, 9.17) is 4.74 Å². The maximum atomic E-state index is 10.0. The van der Waals surface area contributed by atoms with Gasteiger partial charge in [0, 0.05) is 39.1 Å². The first-order chi connectivity index (χ1) is 6.27. The van der Waals surface area contributed by atoms with Crippen molar-refractivity contribution in [3.05, 3.63) is 12.2 Å². The molecule has 1 aliphatic heterocycles. The molecule has 0 aromatic rings. The molecule has 3 heteroatoms. The van der Waals surface area contributed by atoms with E-state index in [9.17, 15) is 5.11 Å². The molecule has 0 saturated carbocycles. The third-order valence-electron chi connectivity index (χ3n) is 2.38. The van der Waals surface area contributed by atoms with Crippen LogP contribution < -0.4 is 5.32 Å². The number of hydrogen-bond acceptors (Lipinski definition) is 3. The molecule has 0 bridgehead atoms. The summed E-state index contributed by atoms with van der Waals surface area (Å²) >= 11 is 0. The third kappa shape index (κ3) is 3.89. The van der Waals surface area contributed by atoms with Crippen molar-refractivity contribution in [3.8, 4) is 0 Å². The highest BCUT2D eigenvalue weighted by Crippen LogP contribution is 2.18. The van der Waals surface area contributed by atoms with Crippen molar-refractivity contribution in [1.29, 1.82) is 0 Å². The highest BCUT2D eigenvalue weighted by atomic mass is 16.5. The Kier molecular flexibility index (Phi) is 4.42. The molecule has 2 N–H and O–H groups in total. The highest BCUT2D eigenvalue weighted by Gasteiger charge is 2.28. The molecule has 1 rings (SSSR count). The Labute approximate surface area is 79.8 Å².